The fraction of sp³-hybridized carbons (Fsp3) is 0.389. The number of amides is 1. The fourth-order valence-corrected chi connectivity index (χ4v) is 2.86. The molecule has 1 amide bonds. The van der Waals surface area contributed by atoms with Gasteiger partial charge in [0.1, 0.15) is 0 Å². The average molecular weight is 392 g/mol. The Morgan fingerprint density at radius 1 is 1.21 bits per heavy atom. The molecule has 0 radical (unpaired) electrons. The Balaban J connectivity index is 2.09. The van der Waals surface area contributed by atoms with Crippen molar-refractivity contribution >= 4 is 27.6 Å². The number of nitrogens with one attached hydrogen (secondary N) is 1. The summed E-state index contributed by atoms with van der Waals surface area (Å²) < 4.78 is 2.62. The number of aryl methyl sites for hydroxylation is 2. The number of aromatic nitrogens is 2. The first kappa shape index (κ1) is 18.4. The zero-order valence-electron chi connectivity index (χ0n) is 14.6. The maximum atomic E-state index is 12.4. The van der Waals surface area contributed by atoms with Crippen LogP contribution in [0.1, 0.15) is 41.2 Å². The van der Waals surface area contributed by atoms with Crippen LogP contribution in [0.3, 0.4) is 0 Å². The summed E-state index contributed by atoms with van der Waals surface area (Å²) in [7, 11) is 1.76. The number of nitrogens with zero attached hydrogens (tertiary/aromatic N) is 2. The van der Waals surface area contributed by atoms with E-state index in [1.165, 1.54) is 0 Å². The molecule has 1 aromatic carbocycles. The summed E-state index contributed by atoms with van der Waals surface area (Å²) in [4.78, 5) is 24.7. The van der Waals surface area contributed by atoms with Crippen molar-refractivity contribution in [2.75, 3.05) is 6.54 Å². The third kappa shape index (κ3) is 3.75. The van der Waals surface area contributed by atoms with Gasteiger partial charge < -0.3 is 5.32 Å². The summed E-state index contributed by atoms with van der Waals surface area (Å²) in [6, 6.07) is 7.94. The summed E-state index contributed by atoms with van der Waals surface area (Å²) in [5.41, 5.74) is 2.46. The highest BCUT2D eigenvalue weighted by Crippen LogP contribution is 2.24. The van der Waals surface area contributed by atoms with Crippen molar-refractivity contribution in [3.8, 4) is 0 Å². The number of Topliss-reactive ketones (excluding diaryl/α,β-unsaturated/α-hetero) is 1. The largest absolute Gasteiger partial charge is 0.348 e. The van der Waals surface area contributed by atoms with Crippen LogP contribution in [0.15, 0.2) is 28.7 Å². The maximum Gasteiger partial charge on any atom is 0.292 e. The average Bonchev–Trinajstić information content (AvgIpc) is 2.77. The van der Waals surface area contributed by atoms with Gasteiger partial charge in [-0.15, -0.1) is 0 Å². The van der Waals surface area contributed by atoms with E-state index in [4.69, 9.17) is 0 Å². The molecule has 0 fully saturated rings. The van der Waals surface area contributed by atoms with Gasteiger partial charge in [0.25, 0.3) is 11.7 Å². The summed E-state index contributed by atoms with van der Waals surface area (Å²) in [6.07, 6.45) is 0. The first-order valence-electron chi connectivity index (χ1n) is 7.72. The van der Waals surface area contributed by atoms with Gasteiger partial charge in [-0.2, -0.15) is 5.10 Å². The van der Waals surface area contributed by atoms with Crippen molar-refractivity contribution in [3.05, 3.63) is 51.3 Å². The number of hydrogen-bond donors (Lipinski definition) is 1. The number of ketones is 1. The number of rotatable bonds is 5. The van der Waals surface area contributed by atoms with Gasteiger partial charge >= 0.3 is 0 Å². The zero-order valence-corrected chi connectivity index (χ0v) is 16.2. The fourth-order valence-electron chi connectivity index (χ4n) is 2.60. The lowest BCUT2D eigenvalue weighted by atomic mass is 9.84. The predicted molar refractivity (Wildman–Crippen MR) is 97.2 cm³/mol. The SMILES string of the molecule is Cc1nn(C)c(C)c1C(=O)C(=O)NCC(C)(C)c1ccc(Br)cc1. The van der Waals surface area contributed by atoms with E-state index in [-0.39, 0.29) is 5.41 Å². The quantitative estimate of drug-likeness (QED) is 0.628. The van der Waals surface area contributed by atoms with E-state index in [0.29, 0.717) is 23.5 Å². The Kier molecular flexibility index (Phi) is 5.28. The molecule has 0 bridgehead atoms. The highest BCUT2D eigenvalue weighted by molar-refractivity contribution is 9.10. The van der Waals surface area contributed by atoms with Gasteiger partial charge in [0.15, 0.2) is 0 Å². The van der Waals surface area contributed by atoms with E-state index in [0.717, 1.165) is 10.0 Å². The second-order valence-electron chi connectivity index (χ2n) is 6.57. The van der Waals surface area contributed by atoms with Gasteiger partial charge in [-0.1, -0.05) is 41.9 Å². The topological polar surface area (TPSA) is 64.0 Å². The molecule has 0 unspecified atom stereocenters. The number of halogens is 1. The molecule has 0 aliphatic carbocycles. The molecular formula is C18H22BrN3O2. The molecular weight excluding hydrogens is 370 g/mol. The minimum Gasteiger partial charge on any atom is -0.348 e. The summed E-state index contributed by atoms with van der Waals surface area (Å²) in [6.45, 7) is 7.95. The molecule has 1 aromatic heterocycles. The second kappa shape index (κ2) is 6.89. The Bertz CT molecular complexity index is 776. The van der Waals surface area contributed by atoms with Crippen LogP contribution in [0.25, 0.3) is 0 Å². The number of benzene rings is 1. The van der Waals surface area contributed by atoms with Gasteiger partial charge in [-0.05, 0) is 31.5 Å². The zero-order chi connectivity index (χ0) is 18.1. The lowest BCUT2D eigenvalue weighted by molar-refractivity contribution is -0.117. The summed E-state index contributed by atoms with van der Waals surface area (Å²) >= 11 is 3.41. The van der Waals surface area contributed by atoms with Crippen molar-refractivity contribution in [2.45, 2.75) is 33.1 Å². The molecule has 6 heteroatoms. The smallest absolute Gasteiger partial charge is 0.292 e. The van der Waals surface area contributed by atoms with Crippen LogP contribution in [0.5, 0.6) is 0 Å². The van der Waals surface area contributed by atoms with Crippen molar-refractivity contribution in [1.29, 1.82) is 0 Å². The molecule has 0 saturated carbocycles. The van der Waals surface area contributed by atoms with Gasteiger partial charge in [-0.25, -0.2) is 0 Å². The molecule has 2 rings (SSSR count). The first-order valence-corrected chi connectivity index (χ1v) is 8.51. The minimum atomic E-state index is -0.598. The van der Waals surface area contributed by atoms with E-state index in [1.807, 2.05) is 38.1 Å². The van der Waals surface area contributed by atoms with Gasteiger partial charge in [-0.3, -0.25) is 14.3 Å². The predicted octanol–water partition coefficient (Wildman–Crippen LogP) is 3.08. The van der Waals surface area contributed by atoms with Crippen LogP contribution in [0, 0.1) is 13.8 Å². The number of hydrogen-bond acceptors (Lipinski definition) is 3. The lowest BCUT2D eigenvalue weighted by Gasteiger charge is -2.25. The monoisotopic (exact) mass is 391 g/mol. The van der Waals surface area contributed by atoms with Crippen molar-refractivity contribution in [3.63, 3.8) is 0 Å². The van der Waals surface area contributed by atoms with Gasteiger partial charge in [0.2, 0.25) is 0 Å². The molecule has 5 nitrogen and oxygen atoms in total. The normalized spacial score (nSPS) is 11.4. The van der Waals surface area contributed by atoms with E-state index in [9.17, 15) is 9.59 Å². The van der Waals surface area contributed by atoms with E-state index >= 15 is 0 Å². The van der Waals surface area contributed by atoms with Crippen molar-refractivity contribution < 1.29 is 9.59 Å². The summed E-state index contributed by atoms with van der Waals surface area (Å²) in [5, 5.41) is 6.95. The van der Waals surface area contributed by atoms with Crippen LogP contribution in [-0.4, -0.2) is 28.0 Å². The standard InChI is InChI=1S/C18H22BrN3O2/c1-11-15(12(2)22(5)21-11)16(23)17(24)20-10-18(3,4)13-6-8-14(19)9-7-13/h6-9H,10H2,1-5H3,(H,20,24). The Hall–Kier alpha value is -1.95. The summed E-state index contributed by atoms with van der Waals surface area (Å²) in [5.74, 6) is -1.14. The molecule has 0 saturated heterocycles. The molecule has 0 aliphatic heterocycles. The van der Waals surface area contributed by atoms with Crippen molar-refractivity contribution in [1.82, 2.24) is 15.1 Å². The van der Waals surface area contributed by atoms with Crippen LogP contribution in [0.4, 0.5) is 0 Å². The molecule has 1 N–H and O–H groups in total. The van der Waals surface area contributed by atoms with Gasteiger partial charge in [0, 0.05) is 29.2 Å². The molecule has 2 aromatic rings. The molecule has 0 spiro atoms. The van der Waals surface area contributed by atoms with Crippen LogP contribution in [0.2, 0.25) is 0 Å². The molecule has 128 valence electrons. The van der Waals surface area contributed by atoms with Crippen LogP contribution < -0.4 is 5.32 Å². The number of carbonyl (C=O) groups is 2. The highest BCUT2D eigenvalue weighted by atomic mass is 79.9. The third-order valence-electron chi connectivity index (χ3n) is 4.26. The van der Waals surface area contributed by atoms with Crippen LogP contribution in [-0.2, 0) is 17.3 Å². The van der Waals surface area contributed by atoms with E-state index in [1.54, 1.807) is 25.6 Å². The third-order valence-corrected chi connectivity index (χ3v) is 4.79. The van der Waals surface area contributed by atoms with Gasteiger partial charge in [0.05, 0.1) is 11.3 Å². The molecule has 24 heavy (non-hydrogen) atoms. The lowest BCUT2D eigenvalue weighted by Crippen LogP contribution is -2.40. The molecule has 0 aliphatic rings. The second-order valence-corrected chi connectivity index (χ2v) is 7.49. The maximum absolute atomic E-state index is 12.4. The highest BCUT2D eigenvalue weighted by Gasteiger charge is 2.27. The molecule has 0 atom stereocenters. The molecule has 1 heterocycles. The first-order chi connectivity index (χ1) is 11.1. The Morgan fingerprint density at radius 2 is 1.79 bits per heavy atom. The number of carbonyl (C=O) groups excluding carboxylic acids is 2. The van der Waals surface area contributed by atoms with E-state index < -0.39 is 11.7 Å². The van der Waals surface area contributed by atoms with E-state index in [2.05, 4.69) is 26.3 Å². The van der Waals surface area contributed by atoms with Crippen molar-refractivity contribution in [2.24, 2.45) is 7.05 Å². The Morgan fingerprint density at radius 3 is 2.29 bits per heavy atom. The van der Waals surface area contributed by atoms with Crippen LogP contribution >= 0.6 is 15.9 Å². The Labute approximate surface area is 150 Å². The minimum absolute atomic E-state index is 0.282.